The van der Waals surface area contributed by atoms with Gasteiger partial charge in [-0.2, -0.15) is 0 Å². The Hall–Kier alpha value is -0.340. The van der Waals surface area contributed by atoms with E-state index in [1.165, 1.54) is 0 Å². The van der Waals surface area contributed by atoms with Crippen LogP contribution in [0, 0.1) is 6.92 Å². The van der Waals surface area contributed by atoms with Gasteiger partial charge in [0.1, 0.15) is 0 Å². The maximum absolute atomic E-state index is 10.7. The first-order valence-electron chi connectivity index (χ1n) is 3.68. The Morgan fingerprint density at radius 3 is 2.54 bits per heavy atom. The van der Waals surface area contributed by atoms with Gasteiger partial charge in [0.2, 0.25) is 0 Å². The quantitative estimate of drug-likeness (QED) is 0.752. The van der Waals surface area contributed by atoms with Gasteiger partial charge >= 0.3 is 7.60 Å². The van der Waals surface area contributed by atoms with Crippen LogP contribution in [0.3, 0.4) is 0 Å². The van der Waals surface area contributed by atoms with Crippen molar-refractivity contribution in [3.05, 3.63) is 34.3 Å². The lowest BCUT2D eigenvalue weighted by Crippen LogP contribution is -1.88. The first-order chi connectivity index (χ1) is 5.88. The predicted octanol–water partition coefficient (Wildman–Crippen LogP) is 2.33. The number of benzene rings is 1. The first kappa shape index (κ1) is 10.7. The van der Waals surface area contributed by atoms with E-state index in [9.17, 15) is 4.57 Å². The fourth-order valence-corrected chi connectivity index (χ4v) is 1.83. The van der Waals surface area contributed by atoms with Crippen molar-refractivity contribution in [1.29, 1.82) is 0 Å². The summed E-state index contributed by atoms with van der Waals surface area (Å²) >= 11 is 5.76. The zero-order chi connectivity index (χ0) is 10.1. The number of halogens is 1. The molecular weight excluding hydrogens is 211 g/mol. The van der Waals surface area contributed by atoms with Crippen LogP contribution in [-0.4, -0.2) is 9.79 Å². The maximum Gasteiger partial charge on any atom is 0.329 e. The Morgan fingerprint density at radius 1 is 1.46 bits per heavy atom. The average molecular weight is 221 g/mol. The van der Waals surface area contributed by atoms with E-state index in [0.717, 1.165) is 5.56 Å². The predicted molar refractivity (Wildman–Crippen MR) is 51.9 cm³/mol. The fraction of sp³-hybridized carbons (Fsp3) is 0.250. The molecule has 3 nitrogen and oxygen atoms in total. The molecule has 0 atom stereocenters. The molecular formula is C8H10ClO3P. The highest BCUT2D eigenvalue weighted by atomic mass is 35.5. The molecule has 0 radical (unpaired) electrons. The lowest BCUT2D eigenvalue weighted by atomic mass is 10.2. The minimum atomic E-state index is -3.97. The molecule has 1 rings (SSSR count). The van der Waals surface area contributed by atoms with Crippen molar-refractivity contribution >= 4 is 19.2 Å². The van der Waals surface area contributed by atoms with Crippen molar-refractivity contribution in [3.8, 4) is 0 Å². The van der Waals surface area contributed by atoms with Gasteiger partial charge in [0, 0.05) is 5.02 Å². The molecule has 1 aromatic carbocycles. The van der Waals surface area contributed by atoms with E-state index in [1.54, 1.807) is 25.1 Å². The number of rotatable bonds is 2. The third-order valence-corrected chi connectivity index (χ3v) is 2.81. The van der Waals surface area contributed by atoms with Crippen molar-refractivity contribution in [2.24, 2.45) is 0 Å². The highest BCUT2D eigenvalue weighted by Gasteiger charge is 2.13. The molecule has 5 heteroatoms. The molecule has 0 aliphatic rings. The topological polar surface area (TPSA) is 57.5 Å². The smallest absolute Gasteiger partial charge is 0.324 e. The summed E-state index contributed by atoms with van der Waals surface area (Å²) in [6.07, 6.45) is -0.231. The second-order valence-electron chi connectivity index (χ2n) is 2.91. The lowest BCUT2D eigenvalue weighted by molar-refractivity contribution is 0.371. The molecule has 0 amide bonds. The van der Waals surface area contributed by atoms with E-state index in [4.69, 9.17) is 21.4 Å². The molecule has 2 N–H and O–H groups in total. The van der Waals surface area contributed by atoms with Crippen LogP contribution >= 0.6 is 19.2 Å². The molecule has 0 spiro atoms. The van der Waals surface area contributed by atoms with Gasteiger partial charge in [-0.25, -0.2) is 0 Å². The normalized spacial score (nSPS) is 11.7. The van der Waals surface area contributed by atoms with Crippen LogP contribution in [0.4, 0.5) is 0 Å². The molecule has 0 heterocycles. The molecule has 0 aliphatic carbocycles. The zero-order valence-corrected chi connectivity index (χ0v) is 8.72. The first-order valence-corrected chi connectivity index (χ1v) is 5.85. The summed E-state index contributed by atoms with van der Waals surface area (Å²) in [5.41, 5.74) is 1.43. The number of hydrogen-bond donors (Lipinski definition) is 2. The van der Waals surface area contributed by atoms with E-state index in [0.29, 0.717) is 10.6 Å². The molecule has 0 aliphatic heterocycles. The summed E-state index contributed by atoms with van der Waals surface area (Å²) in [5, 5.41) is 0.606. The van der Waals surface area contributed by atoms with Gasteiger partial charge in [0.25, 0.3) is 0 Å². The van der Waals surface area contributed by atoms with Crippen LogP contribution in [-0.2, 0) is 10.7 Å². The van der Waals surface area contributed by atoms with Crippen LogP contribution in [0.1, 0.15) is 11.1 Å². The number of hydrogen-bond acceptors (Lipinski definition) is 1. The second kappa shape index (κ2) is 3.81. The van der Waals surface area contributed by atoms with Gasteiger partial charge in [-0.3, -0.25) is 4.57 Å². The Kier molecular flexibility index (Phi) is 3.14. The Morgan fingerprint density at radius 2 is 2.08 bits per heavy atom. The van der Waals surface area contributed by atoms with Gasteiger partial charge in [0.15, 0.2) is 0 Å². The summed E-state index contributed by atoms with van der Waals surface area (Å²) < 4.78 is 10.7. The standard InChI is InChI=1S/C8H10ClO3P/c1-6-4-7(2-3-8(6)9)5-13(10,11)12/h2-4H,5H2,1H3,(H2,10,11,12). The Labute approximate surface area is 81.5 Å². The summed E-state index contributed by atoms with van der Waals surface area (Å²) in [6.45, 7) is 1.80. The highest BCUT2D eigenvalue weighted by Crippen LogP contribution is 2.39. The van der Waals surface area contributed by atoms with Gasteiger partial charge in [-0.15, -0.1) is 0 Å². The SMILES string of the molecule is Cc1cc(CP(=O)(O)O)ccc1Cl. The molecule has 13 heavy (non-hydrogen) atoms. The third kappa shape index (κ3) is 3.49. The monoisotopic (exact) mass is 220 g/mol. The van der Waals surface area contributed by atoms with Crippen LogP contribution in [0.2, 0.25) is 5.02 Å². The minimum Gasteiger partial charge on any atom is -0.324 e. The molecule has 0 unspecified atom stereocenters. The van der Waals surface area contributed by atoms with Crippen LogP contribution in [0.15, 0.2) is 18.2 Å². The Bertz CT molecular complexity index is 358. The molecule has 0 aromatic heterocycles. The van der Waals surface area contributed by atoms with Crippen molar-refractivity contribution in [2.75, 3.05) is 0 Å². The average Bonchev–Trinajstić information content (AvgIpc) is 1.94. The molecule has 1 aromatic rings. The van der Waals surface area contributed by atoms with E-state index in [-0.39, 0.29) is 6.16 Å². The van der Waals surface area contributed by atoms with E-state index in [2.05, 4.69) is 0 Å². The summed E-state index contributed by atoms with van der Waals surface area (Å²) in [7, 11) is -3.97. The van der Waals surface area contributed by atoms with Crippen molar-refractivity contribution in [2.45, 2.75) is 13.1 Å². The lowest BCUT2D eigenvalue weighted by Gasteiger charge is -2.05. The van der Waals surface area contributed by atoms with Gasteiger partial charge < -0.3 is 9.79 Å². The van der Waals surface area contributed by atoms with Crippen molar-refractivity contribution < 1.29 is 14.4 Å². The maximum atomic E-state index is 10.7. The molecule has 0 bridgehead atoms. The van der Waals surface area contributed by atoms with Crippen molar-refractivity contribution in [1.82, 2.24) is 0 Å². The fourth-order valence-electron chi connectivity index (χ4n) is 1.04. The van der Waals surface area contributed by atoms with Gasteiger partial charge in [-0.05, 0) is 24.1 Å². The van der Waals surface area contributed by atoms with Gasteiger partial charge in [0.05, 0.1) is 6.16 Å². The Balaban J connectivity index is 2.92. The molecule has 0 fully saturated rings. The van der Waals surface area contributed by atoms with Gasteiger partial charge in [-0.1, -0.05) is 23.7 Å². The zero-order valence-electron chi connectivity index (χ0n) is 7.07. The largest absolute Gasteiger partial charge is 0.329 e. The molecule has 72 valence electrons. The third-order valence-electron chi connectivity index (χ3n) is 1.61. The molecule has 0 saturated carbocycles. The minimum absolute atomic E-state index is 0.231. The highest BCUT2D eigenvalue weighted by molar-refractivity contribution is 7.50. The van der Waals surface area contributed by atoms with Crippen LogP contribution in [0.25, 0.3) is 0 Å². The summed E-state index contributed by atoms with van der Waals surface area (Å²) in [5.74, 6) is 0. The summed E-state index contributed by atoms with van der Waals surface area (Å²) in [6, 6.07) is 4.94. The van der Waals surface area contributed by atoms with E-state index < -0.39 is 7.60 Å². The van der Waals surface area contributed by atoms with Crippen molar-refractivity contribution in [3.63, 3.8) is 0 Å². The number of aryl methyl sites for hydroxylation is 1. The second-order valence-corrected chi connectivity index (χ2v) is 4.96. The van der Waals surface area contributed by atoms with Crippen LogP contribution < -0.4 is 0 Å². The summed E-state index contributed by atoms with van der Waals surface area (Å²) in [4.78, 5) is 17.4. The van der Waals surface area contributed by atoms with E-state index >= 15 is 0 Å². The van der Waals surface area contributed by atoms with E-state index in [1.807, 2.05) is 0 Å². The van der Waals surface area contributed by atoms with Crippen LogP contribution in [0.5, 0.6) is 0 Å². The molecule has 0 saturated heterocycles.